The van der Waals surface area contributed by atoms with Crippen molar-refractivity contribution in [2.45, 2.75) is 151 Å². The van der Waals surface area contributed by atoms with Gasteiger partial charge in [-0.1, -0.05) is 31.4 Å². The van der Waals surface area contributed by atoms with Gasteiger partial charge in [-0.25, -0.2) is 0 Å². The summed E-state index contributed by atoms with van der Waals surface area (Å²) in [6.45, 7) is 15.2. The molecule has 2 saturated carbocycles. The van der Waals surface area contributed by atoms with Crippen LogP contribution in [0.2, 0.25) is 11.6 Å². The number of allylic oxidation sites excluding steroid dienone is 1. The molecule has 0 bridgehead atoms. The Morgan fingerprint density at radius 1 is 0.703 bits per heavy atom. The van der Waals surface area contributed by atoms with Gasteiger partial charge in [0.15, 0.2) is 0 Å². The lowest BCUT2D eigenvalue weighted by Crippen LogP contribution is -2.49. The average molecular weight is 530 g/mol. The first-order valence-corrected chi connectivity index (χ1v) is 15.8. The standard InChI is InChI=1S/C30H52B2O4S/c1-27(2,33)29(5,6)35-31-21-15-20(16-22(18-21)32-36-30(7,8)28(3,4)34)19-13-14-26-24(17-19)23-11-9-10-12-25(23)37-26/h10,12,19-26,33-34H,9,11,13-18H2,1-8H3. The molecular formula is C30H52B2O4S. The first-order chi connectivity index (χ1) is 17.1. The molecule has 7 heteroatoms. The van der Waals surface area contributed by atoms with E-state index in [2.05, 4.69) is 23.9 Å². The minimum Gasteiger partial charge on any atom is -0.433 e. The molecule has 4 aliphatic rings. The molecule has 2 radical (unpaired) electrons. The zero-order valence-electron chi connectivity index (χ0n) is 24.7. The summed E-state index contributed by atoms with van der Waals surface area (Å²) in [6, 6.07) is 0. The van der Waals surface area contributed by atoms with Crippen LogP contribution in [0.5, 0.6) is 0 Å². The second kappa shape index (κ2) is 11.1. The molecule has 4 rings (SSSR count). The van der Waals surface area contributed by atoms with Crippen molar-refractivity contribution < 1.29 is 19.5 Å². The summed E-state index contributed by atoms with van der Waals surface area (Å²) in [5.74, 6) is 3.84. The summed E-state index contributed by atoms with van der Waals surface area (Å²) >= 11 is 2.27. The van der Waals surface area contributed by atoms with Crippen LogP contribution in [0.25, 0.3) is 0 Å². The summed E-state index contributed by atoms with van der Waals surface area (Å²) in [5, 5.41) is 22.8. The van der Waals surface area contributed by atoms with Crippen molar-refractivity contribution in [3.63, 3.8) is 0 Å². The highest BCUT2D eigenvalue weighted by atomic mass is 32.2. The molecule has 0 aromatic heterocycles. The molecule has 1 aliphatic heterocycles. The molecule has 0 aromatic rings. The van der Waals surface area contributed by atoms with Gasteiger partial charge in [-0.05, 0) is 123 Å². The second-order valence-electron chi connectivity index (χ2n) is 14.7. The molecule has 37 heavy (non-hydrogen) atoms. The predicted octanol–water partition coefficient (Wildman–Crippen LogP) is 6.60. The topological polar surface area (TPSA) is 58.9 Å². The molecule has 0 spiro atoms. The fraction of sp³-hybridized carbons (Fsp3) is 0.933. The van der Waals surface area contributed by atoms with E-state index in [1.54, 1.807) is 0 Å². The molecule has 7 atom stereocenters. The van der Waals surface area contributed by atoms with Crippen molar-refractivity contribution >= 4 is 26.7 Å². The van der Waals surface area contributed by atoms with Gasteiger partial charge in [0.05, 0.1) is 22.4 Å². The number of hydrogen-bond acceptors (Lipinski definition) is 5. The Hall–Kier alpha value is 0.0599. The van der Waals surface area contributed by atoms with E-state index in [0.717, 1.165) is 47.5 Å². The molecule has 3 aliphatic carbocycles. The monoisotopic (exact) mass is 530 g/mol. The highest BCUT2D eigenvalue weighted by molar-refractivity contribution is 8.01. The van der Waals surface area contributed by atoms with Gasteiger partial charge in [-0.15, -0.1) is 0 Å². The Balaban J connectivity index is 1.44. The predicted molar refractivity (Wildman–Crippen MR) is 157 cm³/mol. The highest BCUT2D eigenvalue weighted by Gasteiger charge is 2.48. The number of fused-ring (bicyclic) bond motifs is 3. The van der Waals surface area contributed by atoms with Crippen molar-refractivity contribution in [3.8, 4) is 0 Å². The van der Waals surface area contributed by atoms with Gasteiger partial charge in [0.25, 0.3) is 15.0 Å². The summed E-state index contributed by atoms with van der Waals surface area (Å²) in [6.07, 6.45) is 14.9. The molecule has 1 heterocycles. The normalized spacial score (nSPS) is 37.1. The molecule has 1 saturated heterocycles. The molecule has 7 unspecified atom stereocenters. The third kappa shape index (κ3) is 6.87. The lowest BCUT2D eigenvalue weighted by atomic mass is 9.53. The SMILES string of the molecule is CC(C)(O)C(C)(C)O[B]C1CC([B]OC(C)(C)C(C)(C)O)CC(C2CCC3SC4C=CCCC4C3C2)C1. The van der Waals surface area contributed by atoms with Gasteiger partial charge >= 0.3 is 0 Å². The maximum absolute atomic E-state index is 10.6. The van der Waals surface area contributed by atoms with E-state index in [0.29, 0.717) is 17.6 Å². The Labute approximate surface area is 233 Å². The van der Waals surface area contributed by atoms with Crippen LogP contribution >= 0.6 is 11.8 Å². The van der Waals surface area contributed by atoms with Crippen molar-refractivity contribution in [2.75, 3.05) is 0 Å². The average Bonchev–Trinajstić information content (AvgIpc) is 3.18. The van der Waals surface area contributed by atoms with Crippen LogP contribution in [0.4, 0.5) is 0 Å². The smallest absolute Gasteiger partial charge is 0.296 e. The third-order valence-electron chi connectivity index (χ3n) is 10.7. The molecule has 2 N–H and O–H groups in total. The van der Waals surface area contributed by atoms with Gasteiger partial charge in [0.2, 0.25) is 0 Å². The lowest BCUT2D eigenvalue weighted by Gasteiger charge is -2.45. The molecule has 0 aromatic carbocycles. The maximum Gasteiger partial charge on any atom is 0.296 e. The van der Waals surface area contributed by atoms with Gasteiger partial charge in [-0.2, -0.15) is 11.8 Å². The van der Waals surface area contributed by atoms with E-state index in [1.807, 2.05) is 70.4 Å². The van der Waals surface area contributed by atoms with E-state index in [4.69, 9.17) is 9.31 Å². The Kier molecular flexibility index (Phi) is 9.05. The fourth-order valence-electron chi connectivity index (χ4n) is 6.77. The van der Waals surface area contributed by atoms with Crippen LogP contribution in [0.3, 0.4) is 0 Å². The van der Waals surface area contributed by atoms with Crippen LogP contribution in [-0.4, -0.2) is 58.1 Å². The largest absolute Gasteiger partial charge is 0.433 e. The summed E-state index contributed by atoms with van der Waals surface area (Å²) in [7, 11) is 4.07. The Morgan fingerprint density at radius 3 is 1.81 bits per heavy atom. The number of thioether (sulfide) groups is 1. The quantitative estimate of drug-likeness (QED) is 0.260. The fourth-order valence-corrected chi connectivity index (χ4v) is 8.71. The van der Waals surface area contributed by atoms with Gasteiger partial charge < -0.3 is 19.5 Å². The van der Waals surface area contributed by atoms with Crippen molar-refractivity contribution in [3.05, 3.63) is 12.2 Å². The summed E-state index contributed by atoms with van der Waals surface area (Å²) < 4.78 is 12.6. The summed E-state index contributed by atoms with van der Waals surface area (Å²) in [5.41, 5.74) is -3.15. The lowest BCUT2D eigenvalue weighted by molar-refractivity contribution is -0.0926. The number of aliphatic hydroxyl groups is 2. The number of rotatable bonds is 9. The van der Waals surface area contributed by atoms with Gasteiger partial charge in [0, 0.05) is 10.5 Å². The van der Waals surface area contributed by atoms with E-state index in [1.165, 1.54) is 32.1 Å². The van der Waals surface area contributed by atoms with Crippen LogP contribution < -0.4 is 0 Å². The zero-order valence-corrected chi connectivity index (χ0v) is 25.5. The van der Waals surface area contributed by atoms with Crippen LogP contribution in [0, 0.1) is 23.7 Å². The van der Waals surface area contributed by atoms with E-state index >= 15 is 0 Å². The number of hydrogen-bond donors (Lipinski definition) is 2. The van der Waals surface area contributed by atoms with Crippen molar-refractivity contribution in [1.29, 1.82) is 0 Å². The second-order valence-corrected chi connectivity index (χ2v) is 16.1. The van der Waals surface area contributed by atoms with Crippen LogP contribution in [-0.2, 0) is 9.31 Å². The summed E-state index contributed by atoms with van der Waals surface area (Å²) in [4.78, 5) is 0. The third-order valence-corrected chi connectivity index (χ3v) is 12.5. The minimum absolute atomic E-state index is 0.330. The van der Waals surface area contributed by atoms with Crippen LogP contribution in [0.15, 0.2) is 12.2 Å². The molecule has 3 fully saturated rings. The van der Waals surface area contributed by atoms with Crippen LogP contribution in [0.1, 0.15) is 107 Å². The van der Waals surface area contributed by atoms with Crippen molar-refractivity contribution in [2.24, 2.45) is 23.7 Å². The molecule has 208 valence electrons. The molecule has 0 amide bonds. The van der Waals surface area contributed by atoms with E-state index in [-0.39, 0.29) is 0 Å². The maximum atomic E-state index is 10.6. The van der Waals surface area contributed by atoms with Gasteiger partial charge in [0.1, 0.15) is 0 Å². The molecule has 4 nitrogen and oxygen atoms in total. The minimum atomic E-state index is -0.924. The van der Waals surface area contributed by atoms with Crippen molar-refractivity contribution in [1.82, 2.24) is 0 Å². The van der Waals surface area contributed by atoms with E-state index in [9.17, 15) is 10.2 Å². The van der Waals surface area contributed by atoms with E-state index < -0.39 is 22.4 Å². The molecular weight excluding hydrogens is 478 g/mol. The Morgan fingerprint density at radius 2 is 1.27 bits per heavy atom. The Bertz CT molecular complexity index is 764. The first-order valence-electron chi connectivity index (χ1n) is 14.9. The van der Waals surface area contributed by atoms with Gasteiger partial charge in [-0.3, -0.25) is 0 Å². The highest BCUT2D eigenvalue weighted by Crippen LogP contribution is 2.57. The first kappa shape index (κ1) is 30.0. The zero-order chi connectivity index (χ0) is 27.2.